The molecule has 4 N–H and O–H groups in total. The standard InChI is InChI=1S/C15H25N3O2/c1-3-10-20-11-4-9-17-12(2)13-5-7-14(8-6-13)18-15(16)19/h5-8,12,17H,3-4,9-11H2,1-2H3,(H3,16,18,19). The summed E-state index contributed by atoms with van der Waals surface area (Å²) < 4.78 is 5.43. The average Bonchev–Trinajstić information content (AvgIpc) is 2.42. The Kier molecular flexibility index (Phi) is 7.69. The highest BCUT2D eigenvalue weighted by Gasteiger charge is 2.04. The number of amides is 2. The first-order valence-corrected chi connectivity index (χ1v) is 7.11. The van der Waals surface area contributed by atoms with Crippen LogP contribution >= 0.6 is 0 Å². The third-order valence-electron chi connectivity index (χ3n) is 2.94. The van der Waals surface area contributed by atoms with Crippen molar-refractivity contribution in [3.63, 3.8) is 0 Å². The largest absolute Gasteiger partial charge is 0.381 e. The number of ether oxygens (including phenoxy) is 1. The number of primary amides is 1. The molecule has 112 valence electrons. The van der Waals surface area contributed by atoms with E-state index in [1.54, 1.807) is 0 Å². The van der Waals surface area contributed by atoms with Crippen LogP contribution in [0.2, 0.25) is 0 Å². The van der Waals surface area contributed by atoms with Gasteiger partial charge in [-0.15, -0.1) is 0 Å². The van der Waals surface area contributed by atoms with Crippen molar-refractivity contribution in [3.05, 3.63) is 29.8 Å². The summed E-state index contributed by atoms with van der Waals surface area (Å²) >= 11 is 0. The zero-order valence-electron chi connectivity index (χ0n) is 12.3. The summed E-state index contributed by atoms with van der Waals surface area (Å²) in [4.78, 5) is 10.7. The second kappa shape index (κ2) is 9.34. The Labute approximate surface area is 120 Å². The van der Waals surface area contributed by atoms with Crippen molar-refractivity contribution in [2.24, 2.45) is 5.73 Å². The summed E-state index contributed by atoms with van der Waals surface area (Å²) in [6.45, 7) is 6.78. The van der Waals surface area contributed by atoms with E-state index in [2.05, 4.69) is 24.5 Å². The van der Waals surface area contributed by atoms with Gasteiger partial charge in [0, 0.05) is 24.9 Å². The predicted octanol–water partition coefficient (Wildman–Crippen LogP) is 2.64. The summed E-state index contributed by atoms with van der Waals surface area (Å²) in [6.07, 6.45) is 2.07. The molecular weight excluding hydrogens is 254 g/mol. The van der Waals surface area contributed by atoms with Crippen LogP contribution < -0.4 is 16.4 Å². The minimum Gasteiger partial charge on any atom is -0.381 e. The minimum atomic E-state index is -0.545. The molecule has 2 amide bonds. The Morgan fingerprint density at radius 2 is 2.00 bits per heavy atom. The van der Waals surface area contributed by atoms with E-state index >= 15 is 0 Å². The molecule has 0 aliphatic heterocycles. The molecule has 20 heavy (non-hydrogen) atoms. The minimum absolute atomic E-state index is 0.267. The van der Waals surface area contributed by atoms with Gasteiger partial charge in [0.1, 0.15) is 0 Å². The number of nitrogens with one attached hydrogen (secondary N) is 2. The molecule has 0 bridgehead atoms. The second-order valence-electron chi connectivity index (χ2n) is 4.75. The third kappa shape index (κ3) is 6.54. The van der Waals surface area contributed by atoms with Crippen LogP contribution in [-0.4, -0.2) is 25.8 Å². The Morgan fingerprint density at radius 3 is 2.60 bits per heavy atom. The van der Waals surface area contributed by atoms with Gasteiger partial charge in [-0.05, 0) is 44.0 Å². The smallest absolute Gasteiger partial charge is 0.316 e. The van der Waals surface area contributed by atoms with Crippen LogP contribution in [0.4, 0.5) is 10.5 Å². The van der Waals surface area contributed by atoms with E-state index in [-0.39, 0.29) is 6.04 Å². The number of hydrogen-bond acceptors (Lipinski definition) is 3. The van der Waals surface area contributed by atoms with Crippen LogP contribution in [0.15, 0.2) is 24.3 Å². The Bertz CT molecular complexity index is 393. The molecule has 5 heteroatoms. The van der Waals surface area contributed by atoms with Gasteiger partial charge in [-0.25, -0.2) is 4.79 Å². The normalized spacial score (nSPS) is 12.1. The molecule has 0 fully saturated rings. The summed E-state index contributed by atoms with van der Waals surface area (Å²) in [5.41, 5.74) is 6.95. The maximum absolute atomic E-state index is 10.7. The predicted molar refractivity (Wildman–Crippen MR) is 81.8 cm³/mol. The van der Waals surface area contributed by atoms with Crippen molar-refractivity contribution < 1.29 is 9.53 Å². The van der Waals surface area contributed by atoms with Crippen LogP contribution in [0.1, 0.15) is 38.3 Å². The fourth-order valence-electron chi connectivity index (χ4n) is 1.85. The van der Waals surface area contributed by atoms with Gasteiger partial charge < -0.3 is 21.1 Å². The number of urea groups is 1. The SMILES string of the molecule is CCCOCCCNC(C)c1ccc(NC(N)=O)cc1. The van der Waals surface area contributed by atoms with E-state index < -0.39 is 6.03 Å². The lowest BCUT2D eigenvalue weighted by Gasteiger charge is -2.15. The topological polar surface area (TPSA) is 76.4 Å². The van der Waals surface area contributed by atoms with Crippen LogP contribution in [-0.2, 0) is 4.74 Å². The van der Waals surface area contributed by atoms with Gasteiger partial charge in [0.15, 0.2) is 0 Å². The lowest BCUT2D eigenvalue weighted by atomic mass is 10.1. The molecule has 0 heterocycles. The summed E-state index contributed by atoms with van der Waals surface area (Å²) in [7, 11) is 0. The van der Waals surface area contributed by atoms with Crippen molar-refractivity contribution in [3.8, 4) is 0 Å². The van der Waals surface area contributed by atoms with Crippen molar-refractivity contribution in [2.45, 2.75) is 32.7 Å². The molecule has 0 radical (unpaired) electrons. The maximum atomic E-state index is 10.7. The quantitative estimate of drug-likeness (QED) is 0.608. The first-order chi connectivity index (χ1) is 9.63. The zero-order valence-corrected chi connectivity index (χ0v) is 12.3. The van der Waals surface area contributed by atoms with Crippen molar-refractivity contribution in [1.82, 2.24) is 5.32 Å². The molecule has 1 rings (SSSR count). The van der Waals surface area contributed by atoms with Crippen molar-refractivity contribution >= 4 is 11.7 Å². The van der Waals surface area contributed by atoms with Gasteiger partial charge in [0.05, 0.1) is 0 Å². The molecule has 5 nitrogen and oxygen atoms in total. The number of anilines is 1. The molecule has 1 aromatic carbocycles. The number of carbonyl (C=O) groups is 1. The third-order valence-corrected chi connectivity index (χ3v) is 2.94. The molecule has 0 aliphatic rings. The maximum Gasteiger partial charge on any atom is 0.316 e. The van der Waals surface area contributed by atoms with Gasteiger partial charge in [-0.1, -0.05) is 19.1 Å². The van der Waals surface area contributed by atoms with E-state index in [0.717, 1.165) is 32.6 Å². The van der Waals surface area contributed by atoms with Gasteiger partial charge in [-0.2, -0.15) is 0 Å². The number of carbonyl (C=O) groups excluding carboxylic acids is 1. The van der Waals surface area contributed by atoms with Gasteiger partial charge >= 0.3 is 6.03 Å². The molecule has 1 aromatic rings. The lowest BCUT2D eigenvalue weighted by molar-refractivity contribution is 0.132. The van der Waals surface area contributed by atoms with Crippen molar-refractivity contribution in [1.29, 1.82) is 0 Å². The fourth-order valence-corrected chi connectivity index (χ4v) is 1.85. The summed E-state index contributed by atoms with van der Waals surface area (Å²) in [5, 5.41) is 5.99. The summed E-state index contributed by atoms with van der Waals surface area (Å²) in [6, 6.07) is 7.39. The van der Waals surface area contributed by atoms with E-state index in [0.29, 0.717) is 5.69 Å². The van der Waals surface area contributed by atoms with Gasteiger partial charge in [0.25, 0.3) is 0 Å². The first-order valence-electron chi connectivity index (χ1n) is 7.11. The molecule has 0 saturated heterocycles. The highest BCUT2D eigenvalue weighted by Crippen LogP contribution is 2.15. The number of hydrogen-bond donors (Lipinski definition) is 3. The molecule has 0 spiro atoms. The van der Waals surface area contributed by atoms with E-state index in [9.17, 15) is 4.79 Å². The fraction of sp³-hybridized carbons (Fsp3) is 0.533. The molecule has 1 atom stereocenters. The molecular formula is C15H25N3O2. The molecule has 0 aromatic heterocycles. The van der Waals surface area contributed by atoms with Crippen molar-refractivity contribution in [2.75, 3.05) is 25.1 Å². The first kappa shape index (κ1) is 16.5. The Morgan fingerprint density at radius 1 is 1.30 bits per heavy atom. The lowest BCUT2D eigenvalue weighted by Crippen LogP contribution is -2.21. The summed E-state index contributed by atoms with van der Waals surface area (Å²) in [5.74, 6) is 0. The Balaban J connectivity index is 2.28. The second-order valence-corrected chi connectivity index (χ2v) is 4.75. The van der Waals surface area contributed by atoms with Crippen LogP contribution in [0.3, 0.4) is 0 Å². The number of nitrogens with two attached hydrogens (primary N) is 1. The molecule has 0 saturated carbocycles. The monoisotopic (exact) mass is 279 g/mol. The van der Waals surface area contributed by atoms with E-state index in [4.69, 9.17) is 10.5 Å². The zero-order chi connectivity index (χ0) is 14.8. The highest BCUT2D eigenvalue weighted by molar-refractivity contribution is 5.87. The molecule has 0 aliphatic carbocycles. The Hall–Kier alpha value is -1.59. The van der Waals surface area contributed by atoms with Crippen LogP contribution in [0.25, 0.3) is 0 Å². The molecule has 1 unspecified atom stereocenters. The van der Waals surface area contributed by atoms with Crippen LogP contribution in [0.5, 0.6) is 0 Å². The number of rotatable bonds is 9. The van der Waals surface area contributed by atoms with Crippen LogP contribution in [0, 0.1) is 0 Å². The van der Waals surface area contributed by atoms with E-state index in [1.165, 1.54) is 5.56 Å². The van der Waals surface area contributed by atoms with E-state index in [1.807, 2.05) is 24.3 Å². The number of benzene rings is 1. The average molecular weight is 279 g/mol. The van der Waals surface area contributed by atoms with Gasteiger partial charge in [0.2, 0.25) is 0 Å². The van der Waals surface area contributed by atoms with Gasteiger partial charge in [-0.3, -0.25) is 0 Å². The highest BCUT2D eigenvalue weighted by atomic mass is 16.5.